The quantitative estimate of drug-likeness (QED) is 0.939. The van der Waals surface area contributed by atoms with Gasteiger partial charge in [-0.3, -0.25) is 0 Å². The van der Waals surface area contributed by atoms with E-state index >= 15 is 0 Å². The number of hydrogen-bond donors (Lipinski definition) is 1. The Morgan fingerprint density at radius 2 is 1.95 bits per heavy atom. The number of benzene rings is 1. The fourth-order valence-electron chi connectivity index (χ4n) is 2.06. The molecule has 0 saturated carbocycles. The monoisotopic (exact) mass is 290 g/mol. The molecule has 0 amide bonds. The molecule has 0 spiro atoms. The first-order chi connectivity index (χ1) is 9.81. The van der Waals surface area contributed by atoms with E-state index < -0.39 is 0 Å². The molecule has 2 aromatic rings. The number of pyridine rings is 1. The number of anilines is 1. The maximum atomic E-state index is 5.79. The van der Waals surface area contributed by atoms with Crippen molar-refractivity contribution in [1.29, 1.82) is 0 Å². The van der Waals surface area contributed by atoms with Crippen molar-refractivity contribution in [2.24, 2.45) is 0 Å². The van der Waals surface area contributed by atoms with E-state index in [2.05, 4.69) is 16.4 Å². The van der Waals surface area contributed by atoms with Gasteiger partial charge >= 0.3 is 0 Å². The number of ether oxygens (including phenoxy) is 2. The molecule has 20 heavy (non-hydrogen) atoms. The van der Waals surface area contributed by atoms with Gasteiger partial charge in [0.15, 0.2) is 11.5 Å². The lowest BCUT2D eigenvalue weighted by molar-refractivity contribution is 0.171. The predicted octanol–water partition coefficient (Wildman–Crippen LogP) is 3.16. The van der Waals surface area contributed by atoms with E-state index in [1.54, 1.807) is 6.20 Å². The normalized spacial score (nSPS) is 13.1. The minimum absolute atomic E-state index is 0.614. The van der Waals surface area contributed by atoms with E-state index in [4.69, 9.17) is 21.1 Å². The molecule has 3 rings (SSSR count). The number of halogens is 1. The van der Waals surface area contributed by atoms with Crippen LogP contribution in [-0.2, 0) is 6.42 Å². The molecule has 1 aliphatic rings. The Morgan fingerprint density at radius 3 is 2.75 bits per heavy atom. The van der Waals surface area contributed by atoms with Crippen molar-refractivity contribution in [3.8, 4) is 11.5 Å². The molecule has 5 heteroatoms. The molecule has 1 N–H and O–H groups in total. The maximum absolute atomic E-state index is 5.79. The topological polar surface area (TPSA) is 43.4 Å². The van der Waals surface area contributed by atoms with Crippen molar-refractivity contribution >= 4 is 17.4 Å². The molecule has 0 saturated heterocycles. The summed E-state index contributed by atoms with van der Waals surface area (Å²) in [5.74, 6) is 2.48. The molecule has 0 fully saturated rings. The highest BCUT2D eigenvalue weighted by Gasteiger charge is 2.11. The maximum Gasteiger partial charge on any atom is 0.161 e. The summed E-state index contributed by atoms with van der Waals surface area (Å²) >= 11 is 5.79. The van der Waals surface area contributed by atoms with Crippen LogP contribution < -0.4 is 14.8 Å². The Labute approximate surface area is 122 Å². The largest absolute Gasteiger partial charge is 0.486 e. The molecule has 104 valence electrons. The lowest BCUT2D eigenvalue weighted by Crippen LogP contribution is -2.15. The van der Waals surface area contributed by atoms with E-state index in [1.165, 1.54) is 5.56 Å². The lowest BCUT2D eigenvalue weighted by atomic mass is 10.1. The van der Waals surface area contributed by atoms with Gasteiger partial charge in [-0.25, -0.2) is 4.98 Å². The zero-order valence-corrected chi connectivity index (χ0v) is 11.7. The summed E-state index contributed by atoms with van der Waals surface area (Å²) in [6.07, 6.45) is 2.52. The molecular weight excluding hydrogens is 276 g/mol. The molecule has 1 aromatic carbocycles. The van der Waals surface area contributed by atoms with Crippen LogP contribution >= 0.6 is 11.6 Å². The summed E-state index contributed by atoms with van der Waals surface area (Å²) in [5, 5.41) is 3.90. The first kappa shape index (κ1) is 13.1. The zero-order chi connectivity index (χ0) is 13.8. The molecular formula is C15H15ClN2O2. The molecule has 1 aliphatic heterocycles. The second kappa shape index (κ2) is 6.01. The number of aromatic nitrogens is 1. The Kier molecular flexibility index (Phi) is 3.92. The van der Waals surface area contributed by atoms with Crippen molar-refractivity contribution in [1.82, 2.24) is 4.98 Å². The summed E-state index contributed by atoms with van der Waals surface area (Å²) in [5.41, 5.74) is 1.20. The molecule has 4 nitrogen and oxygen atoms in total. The average Bonchev–Trinajstić information content (AvgIpc) is 2.49. The van der Waals surface area contributed by atoms with Gasteiger partial charge in [0.05, 0.1) is 5.02 Å². The van der Waals surface area contributed by atoms with Crippen LogP contribution in [0.25, 0.3) is 0 Å². The van der Waals surface area contributed by atoms with Gasteiger partial charge < -0.3 is 14.8 Å². The van der Waals surface area contributed by atoms with Gasteiger partial charge in [-0.15, -0.1) is 0 Å². The van der Waals surface area contributed by atoms with E-state index in [0.717, 1.165) is 30.3 Å². The molecule has 0 radical (unpaired) electrons. The van der Waals surface area contributed by atoms with Crippen LogP contribution in [0.5, 0.6) is 11.5 Å². The highest BCUT2D eigenvalue weighted by molar-refractivity contribution is 6.30. The predicted molar refractivity (Wildman–Crippen MR) is 78.9 cm³/mol. The molecule has 0 atom stereocenters. The van der Waals surface area contributed by atoms with Crippen molar-refractivity contribution in [2.45, 2.75) is 6.42 Å². The van der Waals surface area contributed by atoms with Crippen LogP contribution in [0.3, 0.4) is 0 Å². The molecule has 1 aromatic heterocycles. The summed E-state index contributed by atoms with van der Waals surface area (Å²) in [6, 6.07) is 9.74. The van der Waals surface area contributed by atoms with Crippen LogP contribution in [-0.4, -0.2) is 24.7 Å². The minimum Gasteiger partial charge on any atom is -0.486 e. The van der Waals surface area contributed by atoms with Gasteiger partial charge in [-0.2, -0.15) is 0 Å². The van der Waals surface area contributed by atoms with Gasteiger partial charge in [0.25, 0.3) is 0 Å². The second-order valence-corrected chi connectivity index (χ2v) is 4.95. The third-order valence-electron chi connectivity index (χ3n) is 3.05. The van der Waals surface area contributed by atoms with Crippen LogP contribution in [0.1, 0.15) is 5.56 Å². The molecule has 0 unspecified atom stereocenters. The van der Waals surface area contributed by atoms with E-state index in [9.17, 15) is 0 Å². The van der Waals surface area contributed by atoms with Gasteiger partial charge in [-0.05, 0) is 36.2 Å². The van der Waals surface area contributed by atoms with Crippen LogP contribution in [0.2, 0.25) is 5.02 Å². The fraction of sp³-hybridized carbons (Fsp3) is 0.267. The zero-order valence-electron chi connectivity index (χ0n) is 10.9. The number of rotatable bonds is 4. The van der Waals surface area contributed by atoms with E-state index in [0.29, 0.717) is 18.2 Å². The van der Waals surface area contributed by atoms with Crippen LogP contribution in [0.4, 0.5) is 5.82 Å². The first-order valence-electron chi connectivity index (χ1n) is 6.55. The Balaban J connectivity index is 1.57. The van der Waals surface area contributed by atoms with Crippen molar-refractivity contribution in [3.63, 3.8) is 0 Å². The fourth-order valence-corrected chi connectivity index (χ4v) is 2.17. The van der Waals surface area contributed by atoms with E-state index in [1.807, 2.05) is 24.3 Å². The molecule has 0 aliphatic carbocycles. The van der Waals surface area contributed by atoms with Crippen molar-refractivity contribution in [3.05, 3.63) is 47.1 Å². The highest BCUT2D eigenvalue weighted by Crippen LogP contribution is 2.30. The highest BCUT2D eigenvalue weighted by atomic mass is 35.5. The number of nitrogens with zero attached hydrogens (tertiary/aromatic N) is 1. The third-order valence-corrected chi connectivity index (χ3v) is 3.28. The van der Waals surface area contributed by atoms with Gasteiger partial charge in [0, 0.05) is 12.7 Å². The third kappa shape index (κ3) is 3.14. The molecule has 0 bridgehead atoms. The van der Waals surface area contributed by atoms with Gasteiger partial charge in [-0.1, -0.05) is 17.7 Å². The minimum atomic E-state index is 0.614. The van der Waals surface area contributed by atoms with Crippen LogP contribution in [0.15, 0.2) is 36.5 Å². The SMILES string of the molecule is Clc1ccc(NCCc2ccc3c(c2)OCCO3)nc1. The second-order valence-electron chi connectivity index (χ2n) is 4.52. The summed E-state index contributed by atoms with van der Waals surface area (Å²) in [7, 11) is 0. The number of nitrogens with one attached hydrogen (secondary N) is 1. The van der Waals surface area contributed by atoms with Crippen LogP contribution in [0, 0.1) is 0 Å². The first-order valence-corrected chi connectivity index (χ1v) is 6.93. The summed E-state index contributed by atoms with van der Waals surface area (Å²) in [6.45, 7) is 2.04. The number of fused-ring (bicyclic) bond motifs is 1. The smallest absolute Gasteiger partial charge is 0.161 e. The summed E-state index contributed by atoms with van der Waals surface area (Å²) < 4.78 is 11.1. The average molecular weight is 291 g/mol. The Hall–Kier alpha value is -1.94. The van der Waals surface area contributed by atoms with Crippen molar-refractivity contribution in [2.75, 3.05) is 25.1 Å². The summed E-state index contributed by atoms with van der Waals surface area (Å²) in [4.78, 5) is 4.19. The lowest BCUT2D eigenvalue weighted by Gasteiger charge is -2.18. The van der Waals surface area contributed by atoms with E-state index in [-0.39, 0.29) is 0 Å². The number of hydrogen-bond acceptors (Lipinski definition) is 4. The van der Waals surface area contributed by atoms with Crippen molar-refractivity contribution < 1.29 is 9.47 Å². The Morgan fingerprint density at radius 1 is 1.10 bits per heavy atom. The van der Waals surface area contributed by atoms with Gasteiger partial charge in [0.1, 0.15) is 19.0 Å². The molecule has 2 heterocycles. The van der Waals surface area contributed by atoms with Gasteiger partial charge in [0.2, 0.25) is 0 Å². The standard InChI is InChI=1S/C15H15ClN2O2/c16-12-2-4-15(18-10-12)17-6-5-11-1-3-13-14(9-11)20-8-7-19-13/h1-4,9-10H,5-8H2,(H,17,18). The Bertz CT molecular complexity index is 587.